The maximum Gasteiger partial charge on any atom is 0.163 e. The van der Waals surface area contributed by atoms with Crippen molar-refractivity contribution in [1.82, 2.24) is 19.7 Å². The highest BCUT2D eigenvalue weighted by Gasteiger charge is 2.17. The molecule has 0 fully saturated rings. The first-order chi connectivity index (χ1) is 11.8. The molecule has 0 atom stereocenters. The first kappa shape index (κ1) is 14.3. The van der Waals surface area contributed by atoms with Crippen molar-refractivity contribution >= 4 is 11.0 Å². The maximum absolute atomic E-state index is 13.2. The van der Waals surface area contributed by atoms with E-state index in [-0.39, 0.29) is 5.82 Å². The van der Waals surface area contributed by atoms with Crippen molar-refractivity contribution in [2.75, 3.05) is 7.11 Å². The van der Waals surface area contributed by atoms with E-state index in [4.69, 9.17) is 4.74 Å². The van der Waals surface area contributed by atoms with Gasteiger partial charge in [-0.2, -0.15) is 5.10 Å². The average molecular weight is 320 g/mol. The molecule has 5 nitrogen and oxygen atoms in total. The van der Waals surface area contributed by atoms with Crippen molar-refractivity contribution in [2.24, 2.45) is 0 Å². The summed E-state index contributed by atoms with van der Waals surface area (Å²) in [6.45, 7) is 0. The smallest absolute Gasteiger partial charge is 0.163 e. The van der Waals surface area contributed by atoms with Gasteiger partial charge in [-0.25, -0.2) is 14.1 Å². The molecule has 4 aromatic rings. The van der Waals surface area contributed by atoms with Crippen LogP contribution < -0.4 is 4.74 Å². The molecule has 0 amide bonds. The number of aromatic nitrogens is 4. The zero-order valence-corrected chi connectivity index (χ0v) is 12.8. The van der Waals surface area contributed by atoms with Crippen LogP contribution in [0.4, 0.5) is 4.39 Å². The van der Waals surface area contributed by atoms with Gasteiger partial charge in [-0.15, -0.1) is 0 Å². The van der Waals surface area contributed by atoms with Crippen molar-refractivity contribution in [2.45, 2.75) is 0 Å². The third kappa shape index (κ3) is 2.28. The number of hydrogen-bond acceptors (Lipinski definition) is 4. The predicted octanol–water partition coefficient (Wildman–Crippen LogP) is 3.63. The maximum atomic E-state index is 13.2. The van der Waals surface area contributed by atoms with Gasteiger partial charge in [-0.05, 0) is 42.5 Å². The zero-order valence-electron chi connectivity index (χ0n) is 12.8. The van der Waals surface area contributed by atoms with Crippen LogP contribution in [0.15, 0.2) is 61.1 Å². The molecule has 3 aromatic heterocycles. The quantitative estimate of drug-likeness (QED) is 0.578. The fraction of sp³-hybridized carbons (Fsp3) is 0.0556. The van der Waals surface area contributed by atoms with E-state index in [0.29, 0.717) is 17.1 Å². The van der Waals surface area contributed by atoms with Crippen LogP contribution in [0.1, 0.15) is 0 Å². The second kappa shape index (κ2) is 5.73. The minimum absolute atomic E-state index is 0.294. The lowest BCUT2D eigenvalue weighted by Gasteiger charge is -2.05. The van der Waals surface area contributed by atoms with Gasteiger partial charge in [-0.1, -0.05) is 0 Å². The van der Waals surface area contributed by atoms with Gasteiger partial charge < -0.3 is 4.74 Å². The van der Waals surface area contributed by atoms with Crippen LogP contribution in [0.5, 0.6) is 5.75 Å². The molecule has 1 aromatic carbocycles. The minimum Gasteiger partial charge on any atom is -0.496 e. The topological polar surface area (TPSA) is 52.8 Å². The Morgan fingerprint density at radius 3 is 2.67 bits per heavy atom. The van der Waals surface area contributed by atoms with E-state index >= 15 is 0 Å². The second-order valence-electron chi connectivity index (χ2n) is 5.19. The molecule has 0 radical (unpaired) electrons. The molecule has 118 valence electrons. The minimum atomic E-state index is -0.294. The summed E-state index contributed by atoms with van der Waals surface area (Å²) >= 11 is 0. The van der Waals surface area contributed by atoms with Gasteiger partial charge in [0.2, 0.25) is 0 Å². The number of rotatable bonds is 3. The Labute approximate surface area is 137 Å². The molecule has 0 saturated heterocycles. The molecule has 0 bridgehead atoms. The predicted molar refractivity (Wildman–Crippen MR) is 88.6 cm³/mol. The Hall–Kier alpha value is -3.28. The van der Waals surface area contributed by atoms with Gasteiger partial charge in [0.05, 0.1) is 18.4 Å². The van der Waals surface area contributed by atoms with Crippen molar-refractivity contribution in [3.63, 3.8) is 0 Å². The summed E-state index contributed by atoms with van der Waals surface area (Å²) in [6.07, 6.45) is 5.08. The van der Waals surface area contributed by atoms with E-state index in [1.54, 1.807) is 48.6 Å². The number of ether oxygens (including phenoxy) is 1. The molecule has 0 aliphatic heterocycles. The number of nitrogens with zero attached hydrogens (tertiary/aromatic N) is 4. The van der Waals surface area contributed by atoms with E-state index in [1.165, 1.54) is 12.1 Å². The first-order valence-corrected chi connectivity index (χ1v) is 7.36. The Morgan fingerprint density at radius 2 is 1.88 bits per heavy atom. The Morgan fingerprint density at radius 1 is 1.04 bits per heavy atom. The fourth-order valence-electron chi connectivity index (χ4n) is 2.65. The molecular weight excluding hydrogens is 307 g/mol. The number of benzene rings is 1. The Bertz CT molecular complexity index is 1010. The highest BCUT2D eigenvalue weighted by molar-refractivity contribution is 5.93. The Balaban J connectivity index is 1.99. The van der Waals surface area contributed by atoms with Crippen molar-refractivity contribution < 1.29 is 9.13 Å². The van der Waals surface area contributed by atoms with Gasteiger partial charge in [0.25, 0.3) is 0 Å². The van der Waals surface area contributed by atoms with Gasteiger partial charge in [0.15, 0.2) is 5.65 Å². The first-order valence-electron chi connectivity index (χ1n) is 7.36. The molecule has 0 aliphatic carbocycles. The van der Waals surface area contributed by atoms with Crippen LogP contribution in [0.25, 0.3) is 28.0 Å². The van der Waals surface area contributed by atoms with E-state index in [9.17, 15) is 4.39 Å². The van der Waals surface area contributed by atoms with E-state index < -0.39 is 0 Å². The van der Waals surface area contributed by atoms with E-state index in [0.717, 1.165) is 16.6 Å². The molecule has 24 heavy (non-hydrogen) atoms. The lowest BCUT2D eigenvalue weighted by Crippen LogP contribution is -1.98. The third-order valence-electron chi connectivity index (χ3n) is 3.77. The van der Waals surface area contributed by atoms with Crippen LogP contribution >= 0.6 is 0 Å². The van der Waals surface area contributed by atoms with Crippen LogP contribution in [0, 0.1) is 5.82 Å². The SMILES string of the molecule is COc1ccncc1-c1nn(-c2ccc(F)cc2)c2ncccc12. The monoisotopic (exact) mass is 320 g/mol. The Kier molecular flexibility index (Phi) is 3.42. The molecular formula is C18H13FN4O. The summed E-state index contributed by atoms with van der Waals surface area (Å²) in [6, 6.07) is 11.7. The van der Waals surface area contributed by atoms with Crippen LogP contribution in [0.2, 0.25) is 0 Å². The van der Waals surface area contributed by atoms with Gasteiger partial charge in [0.1, 0.15) is 17.3 Å². The molecule has 0 spiro atoms. The van der Waals surface area contributed by atoms with Crippen molar-refractivity contribution in [1.29, 1.82) is 0 Å². The second-order valence-corrected chi connectivity index (χ2v) is 5.19. The summed E-state index contributed by atoms with van der Waals surface area (Å²) in [5.41, 5.74) is 2.91. The number of halogens is 1. The van der Waals surface area contributed by atoms with Crippen LogP contribution in [0.3, 0.4) is 0 Å². The lowest BCUT2D eigenvalue weighted by molar-refractivity contribution is 0.416. The average Bonchev–Trinajstić information content (AvgIpc) is 3.02. The summed E-state index contributed by atoms with van der Waals surface area (Å²) in [4.78, 5) is 8.60. The largest absolute Gasteiger partial charge is 0.496 e. The fourth-order valence-corrected chi connectivity index (χ4v) is 2.65. The normalized spacial score (nSPS) is 10.9. The third-order valence-corrected chi connectivity index (χ3v) is 3.77. The van der Waals surface area contributed by atoms with Crippen LogP contribution in [-0.2, 0) is 0 Å². The van der Waals surface area contributed by atoms with Gasteiger partial charge in [0, 0.05) is 24.0 Å². The number of fused-ring (bicyclic) bond motifs is 1. The molecule has 0 aliphatic rings. The van der Waals surface area contributed by atoms with Gasteiger partial charge >= 0.3 is 0 Å². The molecule has 3 heterocycles. The van der Waals surface area contributed by atoms with Gasteiger partial charge in [-0.3, -0.25) is 4.98 Å². The number of hydrogen-bond donors (Lipinski definition) is 0. The summed E-state index contributed by atoms with van der Waals surface area (Å²) in [7, 11) is 1.61. The van der Waals surface area contributed by atoms with Crippen molar-refractivity contribution in [3.05, 3.63) is 66.9 Å². The highest BCUT2D eigenvalue weighted by atomic mass is 19.1. The molecule has 0 unspecified atom stereocenters. The zero-order chi connectivity index (χ0) is 16.5. The summed E-state index contributed by atoms with van der Waals surface area (Å²) in [5.74, 6) is 0.386. The summed E-state index contributed by atoms with van der Waals surface area (Å²) < 4.78 is 20.3. The van der Waals surface area contributed by atoms with E-state index in [1.807, 2.05) is 12.1 Å². The number of methoxy groups -OCH3 is 1. The van der Waals surface area contributed by atoms with Crippen LogP contribution in [-0.4, -0.2) is 26.9 Å². The molecule has 0 saturated carbocycles. The molecule has 6 heteroatoms. The number of pyridine rings is 2. The lowest BCUT2D eigenvalue weighted by atomic mass is 10.1. The molecule has 0 N–H and O–H groups in total. The summed E-state index contributed by atoms with van der Waals surface area (Å²) in [5, 5.41) is 5.55. The van der Waals surface area contributed by atoms with E-state index in [2.05, 4.69) is 15.1 Å². The molecule has 4 rings (SSSR count). The standard InChI is InChI=1S/C18H13FN4O/c1-24-16-8-10-20-11-15(16)17-14-3-2-9-21-18(14)23(22-17)13-6-4-12(19)5-7-13/h2-11H,1H3. The van der Waals surface area contributed by atoms with Crippen molar-refractivity contribution in [3.8, 4) is 22.7 Å². The highest BCUT2D eigenvalue weighted by Crippen LogP contribution is 2.33.